The molecule has 1 aliphatic rings. The molecule has 6 heteroatoms. The van der Waals surface area contributed by atoms with Gasteiger partial charge >= 0.3 is 6.03 Å². The lowest BCUT2D eigenvalue weighted by atomic mass is 10.1. The molecule has 0 aromatic heterocycles. The molecule has 0 spiro atoms. The minimum absolute atomic E-state index is 0.252. The summed E-state index contributed by atoms with van der Waals surface area (Å²) in [6, 6.07) is 4.64. The highest BCUT2D eigenvalue weighted by molar-refractivity contribution is 6.36. The van der Waals surface area contributed by atoms with Crippen LogP contribution in [0.5, 0.6) is 0 Å². The van der Waals surface area contributed by atoms with Gasteiger partial charge in [0.2, 0.25) is 0 Å². The number of rotatable bonds is 1. The third-order valence-corrected chi connectivity index (χ3v) is 3.40. The predicted molar refractivity (Wildman–Crippen MR) is 72.3 cm³/mol. The molecule has 1 heterocycles. The maximum Gasteiger partial charge on any atom is 0.321 e. The molecular weight excluding hydrogens is 275 g/mol. The molecule has 98 valence electrons. The molecular formula is C12H14Cl2N2O2. The van der Waals surface area contributed by atoms with Gasteiger partial charge in [0.25, 0.3) is 0 Å². The molecule has 1 aliphatic heterocycles. The number of anilines is 1. The van der Waals surface area contributed by atoms with Gasteiger partial charge in [0, 0.05) is 18.1 Å². The Morgan fingerprint density at radius 3 is 2.89 bits per heavy atom. The lowest BCUT2D eigenvalue weighted by Crippen LogP contribution is -2.44. The van der Waals surface area contributed by atoms with Crippen molar-refractivity contribution in [2.75, 3.05) is 18.4 Å². The normalized spacial score (nSPS) is 19.7. The Hall–Kier alpha value is -0.970. The Kier molecular flexibility index (Phi) is 4.32. The Bertz CT molecular complexity index is 454. The minimum atomic E-state index is -0.440. The summed E-state index contributed by atoms with van der Waals surface area (Å²) in [6.07, 6.45) is 1.11. The number of nitrogens with one attached hydrogen (secondary N) is 1. The first kappa shape index (κ1) is 13.5. The molecule has 1 aromatic rings. The summed E-state index contributed by atoms with van der Waals surface area (Å²) in [5, 5.41) is 13.1. The number of carbonyl (C=O) groups excluding carboxylic acids is 1. The Labute approximate surface area is 115 Å². The van der Waals surface area contributed by atoms with Crippen molar-refractivity contribution in [3.05, 3.63) is 28.2 Å². The van der Waals surface area contributed by atoms with E-state index in [1.807, 2.05) is 0 Å². The lowest BCUT2D eigenvalue weighted by molar-refractivity contribution is 0.0883. The molecule has 2 amide bonds. The third-order valence-electron chi connectivity index (χ3n) is 2.86. The average molecular weight is 289 g/mol. The molecule has 1 fully saturated rings. The molecule has 1 unspecified atom stereocenters. The smallest absolute Gasteiger partial charge is 0.321 e. The Morgan fingerprint density at radius 1 is 1.44 bits per heavy atom. The van der Waals surface area contributed by atoms with Crippen LogP contribution in [0.1, 0.15) is 12.8 Å². The van der Waals surface area contributed by atoms with Crippen LogP contribution >= 0.6 is 23.2 Å². The van der Waals surface area contributed by atoms with Crippen molar-refractivity contribution in [2.45, 2.75) is 18.9 Å². The van der Waals surface area contributed by atoms with Gasteiger partial charge in [0.1, 0.15) is 0 Å². The van der Waals surface area contributed by atoms with E-state index in [1.54, 1.807) is 23.1 Å². The van der Waals surface area contributed by atoms with E-state index in [1.165, 1.54) is 0 Å². The van der Waals surface area contributed by atoms with Crippen molar-refractivity contribution in [3.8, 4) is 0 Å². The molecule has 0 bridgehead atoms. The van der Waals surface area contributed by atoms with Gasteiger partial charge in [-0.1, -0.05) is 23.2 Å². The fraction of sp³-hybridized carbons (Fsp3) is 0.417. The summed E-state index contributed by atoms with van der Waals surface area (Å²) < 4.78 is 0. The van der Waals surface area contributed by atoms with Crippen LogP contribution < -0.4 is 5.32 Å². The zero-order valence-corrected chi connectivity index (χ0v) is 11.2. The van der Waals surface area contributed by atoms with Crippen molar-refractivity contribution < 1.29 is 9.90 Å². The van der Waals surface area contributed by atoms with Crippen molar-refractivity contribution in [3.63, 3.8) is 0 Å². The van der Waals surface area contributed by atoms with Gasteiger partial charge in [0.05, 0.1) is 16.8 Å². The average Bonchev–Trinajstić information content (AvgIpc) is 2.32. The summed E-state index contributed by atoms with van der Waals surface area (Å²) in [6.45, 7) is 1.01. The standard InChI is InChI=1S/C12H14Cl2N2O2/c13-8-3-4-11(10(14)6-8)15-12(18)16-5-1-2-9(17)7-16/h3-4,6,9,17H,1-2,5,7H2,(H,15,18). The van der Waals surface area contributed by atoms with E-state index in [0.717, 1.165) is 12.8 Å². The van der Waals surface area contributed by atoms with Gasteiger partial charge in [-0.25, -0.2) is 4.79 Å². The zero-order chi connectivity index (χ0) is 13.1. The number of nitrogens with zero attached hydrogens (tertiary/aromatic N) is 1. The number of β-amino-alcohol motifs (C(OH)–C–C–N with tert-alkyl or cyclic N) is 1. The molecule has 1 aromatic carbocycles. The van der Waals surface area contributed by atoms with Crippen LogP contribution in [-0.2, 0) is 0 Å². The largest absolute Gasteiger partial charge is 0.391 e. The first-order chi connectivity index (χ1) is 8.56. The number of aliphatic hydroxyl groups is 1. The van der Waals surface area contributed by atoms with Crippen LogP contribution in [0.15, 0.2) is 18.2 Å². The van der Waals surface area contributed by atoms with Gasteiger partial charge in [-0.15, -0.1) is 0 Å². The van der Waals surface area contributed by atoms with E-state index < -0.39 is 6.10 Å². The number of hydrogen-bond acceptors (Lipinski definition) is 2. The molecule has 4 nitrogen and oxygen atoms in total. The van der Waals surface area contributed by atoms with Crippen molar-refractivity contribution in [1.29, 1.82) is 0 Å². The topological polar surface area (TPSA) is 52.6 Å². The number of aliphatic hydroxyl groups excluding tert-OH is 1. The monoisotopic (exact) mass is 288 g/mol. The van der Waals surface area contributed by atoms with Gasteiger partial charge in [-0.2, -0.15) is 0 Å². The summed E-state index contributed by atoms with van der Waals surface area (Å²) in [7, 11) is 0. The number of likely N-dealkylation sites (tertiary alicyclic amines) is 1. The van der Waals surface area contributed by atoms with E-state index in [9.17, 15) is 9.90 Å². The fourth-order valence-electron chi connectivity index (χ4n) is 1.92. The summed E-state index contributed by atoms with van der Waals surface area (Å²) in [5.74, 6) is 0. The summed E-state index contributed by atoms with van der Waals surface area (Å²) in [5.41, 5.74) is 0.520. The molecule has 1 atom stereocenters. The third kappa shape index (κ3) is 3.28. The van der Waals surface area contributed by atoms with Crippen LogP contribution in [0.2, 0.25) is 10.0 Å². The molecule has 0 radical (unpaired) electrons. The van der Waals surface area contributed by atoms with E-state index >= 15 is 0 Å². The SMILES string of the molecule is O=C(Nc1ccc(Cl)cc1Cl)N1CCCC(O)C1. The molecule has 2 N–H and O–H groups in total. The summed E-state index contributed by atoms with van der Waals surface area (Å²) >= 11 is 11.8. The van der Waals surface area contributed by atoms with E-state index in [4.69, 9.17) is 23.2 Å². The number of hydrogen-bond donors (Lipinski definition) is 2. The van der Waals surface area contributed by atoms with E-state index in [0.29, 0.717) is 28.8 Å². The van der Waals surface area contributed by atoms with Gasteiger partial charge in [-0.3, -0.25) is 0 Å². The predicted octanol–water partition coefficient (Wildman–Crippen LogP) is 2.98. The number of urea groups is 1. The van der Waals surface area contributed by atoms with Crippen LogP contribution in [-0.4, -0.2) is 35.2 Å². The second-order valence-corrected chi connectivity index (χ2v) is 5.14. The number of piperidine rings is 1. The van der Waals surface area contributed by atoms with E-state index in [2.05, 4.69) is 5.32 Å². The van der Waals surface area contributed by atoms with Crippen LogP contribution in [0.3, 0.4) is 0 Å². The fourth-order valence-corrected chi connectivity index (χ4v) is 2.38. The second-order valence-electron chi connectivity index (χ2n) is 4.30. The second kappa shape index (κ2) is 5.78. The van der Waals surface area contributed by atoms with Gasteiger partial charge in [-0.05, 0) is 31.0 Å². The molecule has 0 saturated carbocycles. The van der Waals surface area contributed by atoms with Crippen molar-refractivity contribution in [2.24, 2.45) is 0 Å². The maximum absolute atomic E-state index is 12.0. The number of carbonyl (C=O) groups is 1. The van der Waals surface area contributed by atoms with Crippen LogP contribution in [0, 0.1) is 0 Å². The van der Waals surface area contributed by atoms with Crippen LogP contribution in [0.25, 0.3) is 0 Å². The van der Waals surface area contributed by atoms with Gasteiger partial charge < -0.3 is 15.3 Å². The first-order valence-electron chi connectivity index (χ1n) is 5.75. The highest BCUT2D eigenvalue weighted by Gasteiger charge is 2.22. The van der Waals surface area contributed by atoms with Crippen LogP contribution in [0.4, 0.5) is 10.5 Å². The molecule has 0 aliphatic carbocycles. The van der Waals surface area contributed by atoms with Crippen molar-refractivity contribution >= 4 is 34.9 Å². The number of benzene rings is 1. The number of amides is 2. The van der Waals surface area contributed by atoms with Gasteiger partial charge in [0.15, 0.2) is 0 Å². The molecule has 1 saturated heterocycles. The Balaban J connectivity index is 2.02. The first-order valence-corrected chi connectivity index (χ1v) is 6.51. The Morgan fingerprint density at radius 2 is 2.22 bits per heavy atom. The quantitative estimate of drug-likeness (QED) is 0.835. The van der Waals surface area contributed by atoms with E-state index in [-0.39, 0.29) is 6.03 Å². The summed E-state index contributed by atoms with van der Waals surface area (Å²) in [4.78, 5) is 13.5. The van der Waals surface area contributed by atoms with Crippen molar-refractivity contribution in [1.82, 2.24) is 4.90 Å². The molecule has 2 rings (SSSR count). The zero-order valence-electron chi connectivity index (χ0n) is 9.70. The maximum atomic E-state index is 12.0. The number of halogens is 2. The highest BCUT2D eigenvalue weighted by atomic mass is 35.5. The minimum Gasteiger partial charge on any atom is -0.391 e. The highest BCUT2D eigenvalue weighted by Crippen LogP contribution is 2.25. The lowest BCUT2D eigenvalue weighted by Gasteiger charge is -2.30. The molecule has 18 heavy (non-hydrogen) atoms.